The molecule has 1 aromatic rings. The van der Waals surface area contributed by atoms with Crippen molar-refractivity contribution in [3.05, 3.63) is 35.4 Å². The van der Waals surface area contributed by atoms with Gasteiger partial charge in [0, 0.05) is 6.04 Å². The molecule has 3 atom stereocenters. The molecule has 3 rings (SSSR count). The van der Waals surface area contributed by atoms with Crippen LogP contribution in [-0.2, 0) is 12.0 Å². The van der Waals surface area contributed by atoms with Gasteiger partial charge in [-0.05, 0) is 55.7 Å². The zero-order valence-corrected chi connectivity index (χ0v) is 11.9. The minimum Gasteiger partial charge on any atom is -0.384 e. The maximum Gasteiger partial charge on any atom is 0.105 e. The van der Waals surface area contributed by atoms with Gasteiger partial charge in [0.2, 0.25) is 0 Å². The first-order chi connectivity index (χ1) is 9.24. The van der Waals surface area contributed by atoms with E-state index < -0.39 is 5.60 Å². The summed E-state index contributed by atoms with van der Waals surface area (Å²) in [6.07, 6.45) is 6.71. The molecule has 1 aliphatic carbocycles. The third-order valence-corrected chi connectivity index (χ3v) is 5.15. The molecule has 2 heteroatoms. The number of nitrogens with one attached hydrogen (secondary N) is 1. The highest BCUT2D eigenvalue weighted by molar-refractivity contribution is 5.36. The first kappa shape index (κ1) is 13.1. The molecule has 0 amide bonds. The van der Waals surface area contributed by atoms with Crippen LogP contribution in [-0.4, -0.2) is 17.7 Å². The zero-order chi connectivity index (χ0) is 13.3. The Balaban J connectivity index is 1.91. The number of rotatable bonds is 2. The molecule has 1 aromatic carbocycles. The molecule has 0 radical (unpaired) electrons. The molecule has 3 unspecified atom stereocenters. The first-order valence-electron chi connectivity index (χ1n) is 7.78. The molecule has 1 saturated heterocycles. The first-order valence-corrected chi connectivity index (χ1v) is 7.78. The number of aliphatic hydroxyl groups is 1. The Bertz CT molecular complexity index is 445. The summed E-state index contributed by atoms with van der Waals surface area (Å²) >= 11 is 0. The van der Waals surface area contributed by atoms with Crippen molar-refractivity contribution in [3.63, 3.8) is 0 Å². The van der Waals surface area contributed by atoms with Crippen molar-refractivity contribution in [2.75, 3.05) is 6.54 Å². The van der Waals surface area contributed by atoms with Crippen molar-refractivity contribution in [1.29, 1.82) is 0 Å². The highest BCUT2D eigenvalue weighted by Gasteiger charge is 2.43. The molecule has 1 heterocycles. The lowest BCUT2D eigenvalue weighted by molar-refractivity contribution is -0.0343. The van der Waals surface area contributed by atoms with Crippen LogP contribution in [0.3, 0.4) is 0 Å². The van der Waals surface area contributed by atoms with Crippen molar-refractivity contribution in [2.24, 2.45) is 5.92 Å². The van der Waals surface area contributed by atoms with E-state index in [4.69, 9.17) is 0 Å². The van der Waals surface area contributed by atoms with Gasteiger partial charge in [-0.25, -0.2) is 0 Å². The Hall–Kier alpha value is -0.860. The van der Waals surface area contributed by atoms with Crippen LogP contribution >= 0.6 is 0 Å². The summed E-state index contributed by atoms with van der Waals surface area (Å²) in [4.78, 5) is 0. The van der Waals surface area contributed by atoms with Crippen molar-refractivity contribution in [2.45, 2.75) is 57.1 Å². The fraction of sp³-hybridized carbons (Fsp3) is 0.647. The standard InChI is InChI=1S/C17H25NO/c1-2-13-9-11-18-16(12-13)17(19)10-5-7-14-6-3-4-8-15(14)17/h3-4,6,8,13,16,18-19H,2,5,7,9-12H2,1H3. The van der Waals surface area contributed by atoms with E-state index >= 15 is 0 Å². The average Bonchev–Trinajstić information content (AvgIpc) is 2.48. The van der Waals surface area contributed by atoms with Gasteiger partial charge in [0.15, 0.2) is 0 Å². The molecule has 1 aliphatic heterocycles. The van der Waals surface area contributed by atoms with Crippen molar-refractivity contribution in [3.8, 4) is 0 Å². The highest BCUT2D eigenvalue weighted by Crippen LogP contribution is 2.41. The Morgan fingerprint density at radius 1 is 1.37 bits per heavy atom. The Morgan fingerprint density at radius 3 is 3.05 bits per heavy atom. The SMILES string of the molecule is CCC1CCNC(C2(O)CCCc3ccccc32)C1. The average molecular weight is 259 g/mol. The minimum absolute atomic E-state index is 0.229. The van der Waals surface area contributed by atoms with E-state index in [2.05, 4.69) is 36.5 Å². The summed E-state index contributed by atoms with van der Waals surface area (Å²) < 4.78 is 0. The smallest absolute Gasteiger partial charge is 0.105 e. The van der Waals surface area contributed by atoms with Gasteiger partial charge in [-0.2, -0.15) is 0 Å². The molecular weight excluding hydrogens is 234 g/mol. The normalized spacial score (nSPS) is 34.8. The molecule has 0 spiro atoms. The van der Waals surface area contributed by atoms with E-state index in [1.807, 2.05) is 0 Å². The lowest BCUT2D eigenvalue weighted by atomic mass is 9.71. The van der Waals surface area contributed by atoms with Crippen LogP contribution in [0.4, 0.5) is 0 Å². The summed E-state index contributed by atoms with van der Waals surface area (Å²) in [7, 11) is 0. The van der Waals surface area contributed by atoms with Gasteiger partial charge in [-0.3, -0.25) is 0 Å². The number of aryl methyl sites for hydroxylation is 1. The molecule has 1 fully saturated rings. The Labute approximate surface area is 116 Å². The monoisotopic (exact) mass is 259 g/mol. The third-order valence-electron chi connectivity index (χ3n) is 5.15. The van der Waals surface area contributed by atoms with Gasteiger partial charge >= 0.3 is 0 Å². The van der Waals surface area contributed by atoms with Crippen LogP contribution in [0, 0.1) is 5.92 Å². The molecular formula is C17H25NO. The number of benzene rings is 1. The van der Waals surface area contributed by atoms with E-state index in [9.17, 15) is 5.11 Å². The predicted molar refractivity (Wildman–Crippen MR) is 78.1 cm³/mol. The van der Waals surface area contributed by atoms with Crippen molar-refractivity contribution < 1.29 is 5.11 Å². The maximum absolute atomic E-state index is 11.3. The summed E-state index contributed by atoms with van der Waals surface area (Å²) in [5.41, 5.74) is 1.87. The Morgan fingerprint density at radius 2 is 2.21 bits per heavy atom. The van der Waals surface area contributed by atoms with Gasteiger partial charge in [0.25, 0.3) is 0 Å². The minimum atomic E-state index is -0.650. The lowest BCUT2D eigenvalue weighted by Crippen LogP contribution is -2.53. The summed E-state index contributed by atoms with van der Waals surface area (Å²) in [6.45, 7) is 3.32. The zero-order valence-electron chi connectivity index (χ0n) is 11.9. The number of fused-ring (bicyclic) bond motifs is 1. The molecule has 2 N–H and O–H groups in total. The van der Waals surface area contributed by atoms with Gasteiger partial charge in [0.05, 0.1) is 0 Å². The number of hydrogen-bond acceptors (Lipinski definition) is 2. The highest BCUT2D eigenvalue weighted by atomic mass is 16.3. The number of piperidine rings is 1. The molecule has 2 nitrogen and oxygen atoms in total. The van der Waals surface area contributed by atoms with Crippen LogP contribution < -0.4 is 5.32 Å². The maximum atomic E-state index is 11.3. The van der Waals surface area contributed by atoms with Gasteiger partial charge in [0.1, 0.15) is 5.60 Å². The van der Waals surface area contributed by atoms with Crippen LogP contribution in [0.25, 0.3) is 0 Å². The van der Waals surface area contributed by atoms with Gasteiger partial charge < -0.3 is 10.4 Å². The van der Waals surface area contributed by atoms with E-state index in [0.29, 0.717) is 0 Å². The van der Waals surface area contributed by atoms with Crippen LogP contribution in [0.2, 0.25) is 0 Å². The molecule has 104 valence electrons. The van der Waals surface area contributed by atoms with Crippen molar-refractivity contribution >= 4 is 0 Å². The molecule has 0 saturated carbocycles. The van der Waals surface area contributed by atoms with Gasteiger partial charge in [-0.1, -0.05) is 37.6 Å². The van der Waals surface area contributed by atoms with Crippen molar-refractivity contribution in [1.82, 2.24) is 5.32 Å². The molecule has 19 heavy (non-hydrogen) atoms. The quantitative estimate of drug-likeness (QED) is 0.856. The van der Waals surface area contributed by atoms with Crippen LogP contribution in [0.5, 0.6) is 0 Å². The van der Waals surface area contributed by atoms with E-state index in [1.54, 1.807) is 0 Å². The third kappa shape index (κ3) is 2.32. The molecule has 2 aliphatic rings. The van der Waals surface area contributed by atoms with E-state index in [1.165, 1.54) is 24.0 Å². The van der Waals surface area contributed by atoms with Crippen LogP contribution in [0.1, 0.15) is 50.2 Å². The molecule has 0 bridgehead atoms. The summed E-state index contributed by atoms with van der Waals surface area (Å²) in [6, 6.07) is 8.70. The fourth-order valence-electron chi connectivity index (χ4n) is 3.94. The number of hydrogen-bond donors (Lipinski definition) is 2. The fourth-order valence-corrected chi connectivity index (χ4v) is 3.94. The Kier molecular flexibility index (Phi) is 3.64. The molecule has 0 aromatic heterocycles. The van der Waals surface area contributed by atoms with E-state index in [-0.39, 0.29) is 6.04 Å². The van der Waals surface area contributed by atoms with E-state index in [0.717, 1.165) is 38.1 Å². The second-order valence-corrected chi connectivity index (χ2v) is 6.24. The summed E-state index contributed by atoms with van der Waals surface area (Å²) in [5.74, 6) is 0.768. The van der Waals surface area contributed by atoms with Gasteiger partial charge in [-0.15, -0.1) is 0 Å². The summed E-state index contributed by atoms with van der Waals surface area (Å²) in [5, 5.41) is 14.9. The largest absolute Gasteiger partial charge is 0.384 e. The predicted octanol–water partition coefficient (Wildman–Crippen LogP) is 2.99. The second-order valence-electron chi connectivity index (χ2n) is 6.24. The second kappa shape index (κ2) is 5.26. The topological polar surface area (TPSA) is 32.3 Å². The lowest BCUT2D eigenvalue weighted by Gasteiger charge is -2.44. The van der Waals surface area contributed by atoms with Crippen LogP contribution in [0.15, 0.2) is 24.3 Å².